The van der Waals surface area contributed by atoms with Crippen molar-refractivity contribution in [2.45, 2.75) is 72.0 Å². The number of amides is 2. The van der Waals surface area contributed by atoms with Gasteiger partial charge in [-0.05, 0) is 54.4 Å². The van der Waals surface area contributed by atoms with Crippen LogP contribution in [0.5, 0.6) is 0 Å². The average Bonchev–Trinajstić information content (AvgIpc) is 2.34. The average molecular weight is 412 g/mol. The molecule has 0 atom stereocenters. The second-order valence-electron chi connectivity index (χ2n) is 6.85. The van der Waals surface area contributed by atoms with Crippen molar-refractivity contribution in [3.63, 3.8) is 0 Å². The minimum absolute atomic E-state index is 0.115. The van der Waals surface area contributed by atoms with Crippen LogP contribution in [0.25, 0.3) is 0 Å². The molecule has 8 heteroatoms. The minimum Gasteiger partial charge on any atom is -0.469 e. The summed E-state index contributed by atoms with van der Waals surface area (Å²) in [5, 5.41) is 2.93. The van der Waals surface area contributed by atoms with E-state index < -0.39 is 23.4 Å². The van der Waals surface area contributed by atoms with E-state index in [0.717, 1.165) is 18.2 Å². The van der Waals surface area contributed by atoms with Crippen molar-refractivity contribution in [1.29, 1.82) is 0 Å². The lowest BCUT2D eigenvalue weighted by Crippen LogP contribution is -2.39. The van der Waals surface area contributed by atoms with Crippen LogP contribution in [0, 0.1) is 0 Å². The van der Waals surface area contributed by atoms with Crippen LogP contribution in [0.3, 0.4) is 0 Å². The van der Waals surface area contributed by atoms with E-state index in [0.29, 0.717) is 6.42 Å². The molecule has 2 amide bonds. The number of halogens is 1. The molecular weight excluding hydrogens is 382 g/mol. The van der Waals surface area contributed by atoms with Crippen LogP contribution >= 0.6 is 15.9 Å². The summed E-state index contributed by atoms with van der Waals surface area (Å²) in [6, 6.07) is 0. The molecule has 0 aliphatic rings. The van der Waals surface area contributed by atoms with Crippen molar-refractivity contribution in [2.75, 3.05) is 12.4 Å². The fraction of sp³-hybridized carbons (Fsp3) is 0.812. The maximum atomic E-state index is 11.1. The van der Waals surface area contributed by atoms with Crippen LogP contribution < -0.4 is 5.32 Å². The summed E-state index contributed by atoms with van der Waals surface area (Å²) in [5.41, 5.74) is -1.27. The monoisotopic (exact) mass is 411 g/mol. The third-order valence-electron chi connectivity index (χ3n) is 1.99. The van der Waals surface area contributed by atoms with Gasteiger partial charge >= 0.3 is 18.2 Å². The molecule has 0 aromatic rings. The van der Waals surface area contributed by atoms with E-state index in [1.165, 1.54) is 7.11 Å². The van der Waals surface area contributed by atoms with Crippen LogP contribution in [0.2, 0.25) is 0 Å². The number of imide groups is 1. The van der Waals surface area contributed by atoms with E-state index in [1.54, 1.807) is 41.5 Å². The Morgan fingerprint density at radius 1 is 0.875 bits per heavy atom. The number of ether oxygens (including phenoxy) is 3. The van der Waals surface area contributed by atoms with Crippen molar-refractivity contribution < 1.29 is 28.6 Å². The van der Waals surface area contributed by atoms with E-state index in [9.17, 15) is 14.4 Å². The van der Waals surface area contributed by atoms with Crippen molar-refractivity contribution in [1.82, 2.24) is 5.32 Å². The van der Waals surface area contributed by atoms with Gasteiger partial charge in [-0.15, -0.1) is 0 Å². The lowest BCUT2D eigenvalue weighted by Gasteiger charge is -2.21. The van der Waals surface area contributed by atoms with E-state index >= 15 is 0 Å². The maximum Gasteiger partial charge on any atom is 0.417 e. The lowest BCUT2D eigenvalue weighted by molar-refractivity contribution is -0.140. The number of rotatable bonds is 4. The van der Waals surface area contributed by atoms with Gasteiger partial charge in [0, 0.05) is 11.8 Å². The number of unbranched alkanes of at least 4 members (excludes halogenated alkanes) is 1. The Balaban J connectivity index is 0. The number of hydrogen-bond donors (Lipinski definition) is 1. The largest absolute Gasteiger partial charge is 0.469 e. The highest BCUT2D eigenvalue weighted by Crippen LogP contribution is 2.08. The Morgan fingerprint density at radius 2 is 1.29 bits per heavy atom. The molecule has 0 saturated carbocycles. The molecule has 7 nitrogen and oxygen atoms in total. The van der Waals surface area contributed by atoms with Crippen LogP contribution in [-0.4, -0.2) is 41.8 Å². The molecule has 142 valence electrons. The molecule has 1 N–H and O–H groups in total. The van der Waals surface area contributed by atoms with Gasteiger partial charge in [-0.2, -0.15) is 0 Å². The van der Waals surface area contributed by atoms with Gasteiger partial charge in [0.1, 0.15) is 11.2 Å². The zero-order chi connectivity index (χ0) is 19.4. The third-order valence-corrected chi connectivity index (χ3v) is 2.55. The van der Waals surface area contributed by atoms with E-state index in [2.05, 4.69) is 20.7 Å². The Bertz CT molecular complexity index is 372. The number of alkyl halides is 1. The molecule has 0 unspecified atom stereocenters. The van der Waals surface area contributed by atoms with Gasteiger partial charge in [0.05, 0.1) is 7.11 Å². The van der Waals surface area contributed by atoms with Crippen LogP contribution in [0.15, 0.2) is 0 Å². The number of hydrogen-bond acceptors (Lipinski definition) is 6. The quantitative estimate of drug-likeness (QED) is 0.323. The molecule has 0 rings (SSSR count). The first-order valence-electron chi connectivity index (χ1n) is 7.66. The van der Waals surface area contributed by atoms with Gasteiger partial charge in [-0.1, -0.05) is 15.9 Å². The van der Waals surface area contributed by atoms with Crippen LogP contribution in [-0.2, 0) is 19.0 Å². The second kappa shape index (κ2) is 12.1. The standard InChI is InChI=1S/C10H19NO4.C6H11BrO2/c1-9(2,3)14-7(12)11-8(13)15-10(4,5)6;1-9-6(8)4-2-3-5-7/h1-6H3,(H,11,12,13);2-5H2,1H3. The van der Waals surface area contributed by atoms with Gasteiger partial charge in [0.15, 0.2) is 0 Å². The number of carbonyl (C=O) groups is 3. The fourth-order valence-corrected chi connectivity index (χ4v) is 1.55. The molecule has 0 fully saturated rings. The molecular formula is C16H30BrNO6. The van der Waals surface area contributed by atoms with E-state index in [4.69, 9.17) is 9.47 Å². The van der Waals surface area contributed by atoms with Crippen molar-refractivity contribution >= 4 is 34.1 Å². The molecule has 0 aromatic heterocycles. The normalized spacial score (nSPS) is 10.8. The molecule has 24 heavy (non-hydrogen) atoms. The van der Waals surface area contributed by atoms with Gasteiger partial charge in [-0.25, -0.2) is 14.9 Å². The number of carbonyl (C=O) groups excluding carboxylic acids is 3. The lowest BCUT2D eigenvalue weighted by atomic mass is 10.2. The molecule has 0 aliphatic carbocycles. The van der Waals surface area contributed by atoms with Crippen LogP contribution in [0.1, 0.15) is 60.8 Å². The SMILES string of the molecule is CC(C)(C)OC(=O)NC(=O)OC(C)(C)C.COC(=O)CCCCBr. The summed E-state index contributed by atoms with van der Waals surface area (Å²) in [6.45, 7) is 10.3. The Morgan fingerprint density at radius 3 is 1.58 bits per heavy atom. The van der Waals surface area contributed by atoms with Gasteiger partial charge in [0.2, 0.25) is 0 Å². The smallest absolute Gasteiger partial charge is 0.417 e. The Kier molecular flexibility index (Phi) is 12.6. The fourth-order valence-electron chi connectivity index (χ4n) is 1.16. The zero-order valence-corrected chi connectivity index (χ0v) is 17.2. The molecule has 0 bridgehead atoms. The highest BCUT2D eigenvalue weighted by molar-refractivity contribution is 9.09. The highest BCUT2D eigenvalue weighted by Gasteiger charge is 2.21. The van der Waals surface area contributed by atoms with Gasteiger partial charge < -0.3 is 14.2 Å². The molecule has 0 heterocycles. The van der Waals surface area contributed by atoms with Crippen LogP contribution in [0.4, 0.5) is 9.59 Å². The predicted molar refractivity (Wildman–Crippen MR) is 95.3 cm³/mol. The zero-order valence-electron chi connectivity index (χ0n) is 15.7. The Hall–Kier alpha value is -1.31. The number of alkyl carbamates (subject to hydrolysis) is 2. The van der Waals surface area contributed by atoms with Crippen molar-refractivity contribution in [2.24, 2.45) is 0 Å². The number of esters is 1. The first-order chi connectivity index (χ1) is 10.8. The van der Waals surface area contributed by atoms with E-state index in [-0.39, 0.29) is 5.97 Å². The second-order valence-corrected chi connectivity index (χ2v) is 7.64. The minimum atomic E-state index is -0.809. The summed E-state index contributed by atoms with van der Waals surface area (Å²) >= 11 is 3.27. The summed E-state index contributed by atoms with van der Waals surface area (Å²) in [6.07, 6.45) is 0.878. The van der Waals surface area contributed by atoms with Crippen molar-refractivity contribution in [3.05, 3.63) is 0 Å². The maximum absolute atomic E-state index is 11.1. The first-order valence-corrected chi connectivity index (χ1v) is 8.78. The number of methoxy groups -OCH3 is 1. The van der Waals surface area contributed by atoms with E-state index in [1.807, 2.05) is 5.32 Å². The summed E-state index contributed by atoms with van der Waals surface area (Å²) in [7, 11) is 1.41. The molecule has 0 aliphatic heterocycles. The molecule has 0 aromatic carbocycles. The summed E-state index contributed by atoms with van der Waals surface area (Å²) in [4.78, 5) is 32.7. The topological polar surface area (TPSA) is 90.9 Å². The summed E-state index contributed by atoms with van der Waals surface area (Å²) < 4.78 is 14.2. The molecule has 0 spiro atoms. The Labute approximate surface area is 152 Å². The predicted octanol–water partition coefficient (Wildman–Crippen LogP) is 4.17. The van der Waals surface area contributed by atoms with Crippen molar-refractivity contribution in [3.8, 4) is 0 Å². The highest BCUT2D eigenvalue weighted by atomic mass is 79.9. The first kappa shape index (κ1) is 24.9. The van der Waals surface area contributed by atoms with Gasteiger partial charge in [-0.3, -0.25) is 4.79 Å². The van der Waals surface area contributed by atoms with Gasteiger partial charge in [0.25, 0.3) is 0 Å². The molecule has 0 radical (unpaired) electrons. The summed E-state index contributed by atoms with van der Waals surface area (Å²) in [5.74, 6) is -0.115. The number of nitrogens with one attached hydrogen (secondary N) is 1. The third kappa shape index (κ3) is 20.7. The molecule has 0 saturated heterocycles.